The van der Waals surface area contributed by atoms with E-state index in [0.29, 0.717) is 0 Å². The summed E-state index contributed by atoms with van der Waals surface area (Å²) in [6.07, 6.45) is 5.34. The van der Waals surface area contributed by atoms with Gasteiger partial charge in [-0.25, -0.2) is 9.59 Å². The Morgan fingerprint density at radius 2 is 1.45 bits per heavy atom. The maximum atomic E-state index is 12.9. The highest BCUT2D eigenvalue weighted by atomic mass is 16.6. The molecule has 2 amide bonds. The lowest BCUT2D eigenvalue weighted by Gasteiger charge is -2.45. The highest BCUT2D eigenvalue weighted by molar-refractivity contribution is 5.69. The van der Waals surface area contributed by atoms with Gasteiger partial charge in [-0.05, 0) is 99.8 Å². The van der Waals surface area contributed by atoms with Crippen LogP contribution in [0.3, 0.4) is 0 Å². The molecule has 2 fully saturated rings. The third-order valence-corrected chi connectivity index (χ3v) is 6.62. The average Bonchev–Trinajstić information content (AvgIpc) is 2.56. The van der Waals surface area contributed by atoms with Gasteiger partial charge in [-0.15, -0.1) is 0 Å². The molecule has 168 valence electrons. The number of carbonyl (C=O) groups is 2. The minimum absolute atomic E-state index is 0.0517. The van der Waals surface area contributed by atoms with E-state index in [1.165, 1.54) is 0 Å². The van der Waals surface area contributed by atoms with Crippen molar-refractivity contribution in [1.29, 1.82) is 0 Å². The Hall–Kier alpha value is -1.46. The molecular formula is C23H42N2O4. The number of piperidine rings is 2. The fraction of sp³-hybridized carbons (Fsp3) is 0.913. The van der Waals surface area contributed by atoms with Crippen molar-refractivity contribution in [3.8, 4) is 0 Å². The highest BCUT2D eigenvalue weighted by Crippen LogP contribution is 2.36. The standard InChI is InChI=1S/C23H42N2O4/c1-15(2)28-21(26)25-18(5)12-13-20(19(25)6)14-23(7,8)29-22(27)24-16(3)10-9-11-17(24)4/h15-20H,9-14H2,1-8H3. The number of likely N-dealkylation sites (tertiary alicyclic amines) is 2. The monoisotopic (exact) mass is 410 g/mol. The van der Waals surface area contributed by atoms with Crippen LogP contribution in [0.15, 0.2) is 0 Å². The molecule has 0 saturated carbocycles. The summed E-state index contributed by atoms with van der Waals surface area (Å²) in [5.41, 5.74) is -0.582. The number of nitrogens with zero attached hydrogens (tertiary/aromatic N) is 2. The van der Waals surface area contributed by atoms with E-state index in [9.17, 15) is 9.59 Å². The molecular weight excluding hydrogens is 368 g/mol. The molecule has 0 aromatic heterocycles. The van der Waals surface area contributed by atoms with E-state index in [0.717, 1.165) is 38.5 Å². The van der Waals surface area contributed by atoms with Crippen LogP contribution in [0.2, 0.25) is 0 Å². The first kappa shape index (κ1) is 23.8. The van der Waals surface area contributed by atoms with Crippen LogP contribution in [0.1, 0.15) is 93.9 Å². The first-order valence-electron chi connectivity index (χ1n) is 11.4. The SMILES string of the molecule is CC(C)OC(=O)N1C(C)CCC(CC(C)(C)OC(=O)N2C(C)CCCC2C)C1C. The van der Waals surface area contributed by atoms with Gasteiger partial charge in [0.05, 0.1) is 6.10 Å². The summed E-state index contributed by atoms with van der Waals surface area (Å²) in [4.78, 5) is 29.3. The lowest BCUT2D eigenvalue weighted by molar-refractivity contribution is -0.0394. The van der Waals surface area contributed by atoms with Crippen LogP contribution in [0, 0.1) is 5.92 Å². The van der Waals surface area contributed by atoms with Gasteiger partial charge in [0.25, 0.3) is 0 Å². The molecule has 0 radical (unpaired) electrons. The van der Waals surface area contributed by atoms with Gasteiger partial charge in [0.1, 0.15) is 5.60 Å². The number of hydrogen-bond donors (Lipinski definition) is 0. The normalized spacial score (nSPS) is 31.0. The minimum Gasteiger partial charge on any atom is -0.447 e. The van der Waals surface area contributed by atoms with Crippen LogP contribution in [-0.4, -0.2) is 57.9 Å². The largest absolute Gasteiger partial charge is 0.447 e. The molecule has 0 bridgehead atoms. The molecule has 2 heterocycles. The smallest absolute Gasteiger partial charge is 0.410 e. The third-order valence-electron chi connectivity index (χ3n) is 6.62. The highest BCUT2D eigenvalue weighted by Gasteiger charge is 2.41. The van der Waals surface area contributed by atoms with Gasteiger partial charge >= 0.3 is 12.2 Å². The zero-order valence-corrected chi connectivity index (χ0v) is 19.7. The van der Waals surface area contributed by atoms with Crippen LogP contribution < -0.4 is 0 Å². The molecule has 2 rings (SSSR count). The second-order valence-electron chi connectivity index (χ2n) is 10.1. The number of ether oxygens (including phenoxy) is 2. The average molecular weight is 411 g/mol. The van der Waals surface area contributed by atoms with Gasteiger partial charge in [-0.3, -0.25) is 0 Å². The van der Waals surface area contributed by atoms with Crippen molar-refractivity contribution >= 4 is 12.2 Å². The topological polar surface area (TPSA) is 59.1 Å². The molecule has 0 N–H and O–H groups in total. The first-order chi connectivity index (χ1) is 13.4. The zero-order chi connectivity index (χ0) is 21.9. The quantitative estimate of drug-likeness (QED) is 0.606. The summed E-state index contributed by atoms with van der Waals surface area (Å²) in [7, 11) is 0. The Kier molecular flexibility index (Phi) is 7.86. The van der Waals surface area contributed by atoms with Gasteiger partial charge in [-0.1, -0.05) is 0 Å². The van der Waals surface area contributed by atoms with E-state index >= 15 is 0 Å². The molecule has 0 aliphatic carbocycles. The van der Waals surface area contributed by atoms with Crippen molar-refractivity contribution in [3.63, 3.8) is 0 Å². The lowest BCUT2D eigenvalue weighted by Crippen LogP contribution is -2.54. The molecule has 29 heavy (non-hydrogen) atoms. The number of amides is 2. The Morgan fingerprint density at radius 3 is 2.00 bits per heavy atom. The maximum absolute atomic E-state index is 12.9. The second kappa shape index (κ2) is 9.57. The van der Waals surface area contributed by atoms with Gasteiger partial charge in [0.15, 0.2) is 0 Å². The van der Waals surface area contributed by atoms with Crippen molar-refractivity contribution < 1.29 is 19.1 Å². The lowest BCUT2D eigenvalue weighted by atomic mass is 9.80. The Bertz CT molecular complexity index is 567. The van der Waals surface area contributed by atoms with Crippen molar-refractivity contribution in [1.82, 2.24) is 9.80 Å². The van der Waals surface area contributed by atoms with Gasteiger partial charge in [0.2, 0.25) is 0 Å². The Morgan fingerprint density at radius 1 is 0.897 bits per heavy atom. The fourth-order valence-electron chi connectivity index (χ4n) is 5.09. The third kappa shape index (κ3) is 6.02. The summed E-state index contributed by atoms with van der Waals surface area (Å²) in [5.74, 6) is 0.268. The zero-order valence-electron chi connectivity index (χ0n) is 19.7. The number of hydrogen-bond acceptors (Lipinski definition) is 4. The fourth-order valence-corrected chi connectivity index (χ4v) is 5.09. The predicted molar refractivity (Wildman–Crippen MR) is 115 cm³/mol. The van der Waals surface area contributed by atoms with Crippen molar-refractivity contribution in [2.75, 3.05) is 0 Å². The number of carbonyl (C=O) groups excluding carboxylic acids is 2. The molecule has 0 aromatic carbocycles. The first-order valence-corrected chi connectivity index (χ1v) is 11.4. The number of rotatable bonds is 4. The molecule has 6 heteroatoms. The van der Waals surface area contributed by atoms with Gasteiger partial charge in [0, 0.05) is 24.2 Å². The van der Waals surface area contributed by atoms with Crippen LogP contribution in [0.5, 0.6) is 0 Å². The molecule has 0 aromatic rings. The second-order valence-corrected chi connectivity index (χ2v) is 10.1. The summed E-state index contributed by atoms with van der Waals surface area (Å²) in [5, 5.41) is 0. The van der Waals surface area contributed by atoms with Gasteiger partial charge < -0.3 is 19.3 Å². The molecule has 5 atom stereocenters. The van der Waals surface area contributed by atoms with Crippen LogP contribution in [0.25, 0.3) is 0 Å². The molecule has 2 saturated heterocycles. The Balaban J connectivity index is 2.02. The van der Waals surface area contributed by atoms with E-state index in [1.807, 2.05) is 37.5 Å². The summed E-state index contributed by atoms with van der Waals surface area (Å²) in [6.45, 7) is 16.1. The van der Waals surface area contributed by atoms with Crippen molar-refractivity contribution in [2.45, 2.75) is 130 Å². The van der Waals surface area contributed by atoms with E-state index in [1.54, 1.807) is 0 Å². The van der Waals surface area contributed by atoms with Crippen molar-refractivity contribution in [2.24, 2.45) is 5.92 Å². The minimum atomic E-state index is -0.582. The van der Waals surface area contributed by atoms with E-state index < -0.39 is 5.60 Å². The van der Waals surface area contributed by atoms with Gasteiger partial charge in [-0.2, -0.15) is 0 Å². The van der Waals surface area contributed by atoms with Crippen molar-refractivity contribution in [3.05, 3.63) is 0 Å². The molecule has 2 aliphatic heterocycles. The molecule has 0 spiro atoms. The van der Waals surface area contributed by atoms with Crippen LogP contribution in [0.4, 0.5) is 9.59 Å². The van der Waals surface area contributed by atoms with E-state index in [2.05, 4.69) is 27.7 Å². The Labute approximate surface area is 177 Å². The van der Waals surface area contributed by atoms with E-state index in [4.69, 9.17) is 9.47 Å². The molecule has 5 unspecified atom stereocenters. The van der Waals surface area contributed by atoms with E-state index in [-0.39, 0.29) is 48.4 Å². The maximum Gasteiger partial charge on any atom is 0.410 e. The summed E-state index contributed by atoms with van der Waals surface area (Å²) in [6, 6.07) is 0.652. The molecule has 2 aliphatic rings. The summed E-state index contributed by atoms with van der Waals surface area (Å²) < 4.78 is 11.5. The van der Waals surface area contributed by atoms with Crippen LogP contribution >= 0.6 is 0 Å². The van der Waals surface area contributed by atoms with Crippen LogP contribution in [-0.2, 0) is 9.47 Å². The molecule has 6 nitrogen and oxygen atoms in total. The predicted octanol–water partition coefficient (Wildman–Crippen LogP) is 5.59. The summed E-state index contributed by atoms with van der Waals surface area (Å²) >= 11 is 0.